The van der Waals surface area contributed by atoms with Crippen LogP contribution in [0.25, 0.3) is 10.9 Å². The third-order valence-corrected chi connectivity index (χ3v) is 3.62. The second-order valence-electron chi connectivity index (χ2n) is 5.25. The molecule has 3 rings (SSSR count). The second kappa shape index (κ2) is 6.47. The van der Waals surface area contributed by atoms with E-state index in [1.807, 2.05) is 32.0 Å². The number of ether oxygens (including phenoxy) is 1. The zero-order valence-corrected chi connectivity index (χ0v) is 12.9. The molecule has 6 heteroatoms. The Hall–Kier alpha value is -1.56. The van der Waals surface area contributed by atoms with E-state index < -0.39 is 0 Å². The van der Waals surface area contributed by atoms with Gasteiger partial charge in [0, 0.05) is 28.8 Å². The van der Waals surface area contributed by atoms with Crippen molar-refractivity contribution in [1.82, 2.24) is 10.3 Å². The number of H-pyrrole nitrogens is 1. The summed E-state index contributed by atoms with van der Waals surface area (Å²) in [6.45, 7) is 5.29. The molecular weight excluding hydrogens is 290 g/mol. The maximum absolute atomic E-state index is 12.3. The van der Waals surface area contributed by atoms with E-state index in [0.29, 0.717) is 13.2 Å². The number of aryl methyl sites for hydroxylation is 1. The number of morpholine rings is 1. The monoisotopic (exact) mass is 309 g/mol. The summed E-state index contributed by atoms with van der Waals surface area (Å²) in [5, 5.41) is 7.23. The van der Waals surface area contributed by atoms with Crippen LogP contribution in [0.3, 0.4) is 0 Å². The van der Waals surface area contributed by atoms with Gasteiger partial charge >= 0.3 is 0 Å². The lowest BCUT2D eigenvalue weighted by atomic mass is 10.1. The van der Waals surface area contributed by atoms with Crippen molar-refractivity contribution >= 4 is 34.9 Å². The summed E-state index contributed by atoms with van der Waals surface area (Å²) in [4.78, 5) is 15.5. The number of hydrogen-bond donors (Lipinski definition) is 3. The average Bonchev–Trinajstić information content (AvgIpc) is 2.78. The molecule has 1 fully saturated rings. The van der Waals surface area contributed by atoms with Gasteiger partial charge in [-0.25, -0.2) is 0 Å². The Labute approximate surface area is 129 Å². The normalized spacial score (nSPS) is 21.8. The molecule has 21 heavy (non-hydrogen) atoms. The topological polar surface area (TPSA) is 66.2 Å². The van der Waals surface area contributed by atoms with Crippen molar-refractivity contribution in [2.24, 2.45) is 0 Å². The van der Waals surface area contributed by atoms with Crippen LogP contribution in [0.5, 0.6) is 0 Å². The highest BCUT2D eigenvalue weighted by molar-refractivity contribution is 5.97. The molecule has 1 aromatic carbocycles. The summed E-state index contributed by atoms with van der Waals surface area (Å²) >= 11 is 0. The van der Waals surface area contributed by atoms with E-state index in [1.54, 1.807) is 0 Å². The minimum absolute atomic E-state index is 0. The van der Waals surface area contributed by atoms with Crippen molar-refractivity contribution in [2.45, 2.75) is 26.0 Å². The summed E-state index contributed by atoms with van der Waals surface area (Å²) in [5.41, 5.74) is 2.99. The van der Waals surface area contributed by atoms with Crippen LogP contribution in [0.15, 0.2) is 24.3 Å². The van der Waals surface area contributed by atoms with Gasteiger partial charge in [-0.1, -0.05) is 0 Å². The maximum atomic E-state index is 12.3. The van der Waals surface area contributed by atoms with E-state index in [2.05, 4.69) is 21.7 Å². The van der Waals surface area contributed by atoms with Gasteiger partial charge in [-0.15, -0.1) is 12.4 Å². The molecule has 2 aromatic rings. The maximum Gasteiger partial charge on any atom is 0.244 e. The van der Waals surface area contributed by atoms with E-state index >= 15 is 0 Å². The average molecular weight is 310 g/mol. The molecule has 1 amide bonds. The van der Waals surface area contributed by atoms with Crippen LogP contribution in [-0.4, -0.2) is 36.2 Å². The van der Waals surface area contributed by atoms with Gasteiger partial charge in [0.2, 0.25) is 5.91 Å². The van der Waals surface area contributed by atoms with Gasteiger partial charge in [0.1, 0.15) is 6.04 Å². The van der Waals surface area contributed by atoms with Crippen LogP contribution in [0, 0.1) is 6.92 Å². The van der Waals surface area contributed by atoms with Crippen LogP contribution in [0.2, 0.25) is 0 Å². The Morgan fingerprint density at radius 3 is 2.95 bits per heavy atom. The molecule has 1 saturated heterocycles. The van der Waals surface area contributed by atoms with Crippen molar-refractivity contribution in [3.8, 4) is 0 Å². The Morgan fingerprint density at radius 2 is 2.19 bits per heavy atom. The fourth-order valence-electron chi connectivity index (χ4n) is 2.60. The number of anilines is 1. The standard InChI is InChI=1S/C15H19N3O2.ClH/c1-9-7-11-8-12(3-4-13(11)17-9)18-15(19)14-10(2)20-6-5-16-14;/h3-4,7-8,10,14,16-17H,5-6H2,1-2H3,(H,18,19);1H/t10-,14+;/m1./s1. The number of halogens is 1. The van der Waals surface area contributed by atoms with Gasteiger partial charge in [-0.3, -0.25) is 4.79 Å². The lowest BCUT2D eigenvalue weighted by Gasteiger charge is -2.29. The van der Waals surface area contributed by atoms with Gasteiger partial charge in [0.05, 0.1) is 12.7 Å². The fourth-order valence-corrected chi connectivity index (χ4v) is 2.60. The first-order valence-electron chi connectivity index (χ1n) is 6.89. The molecule has 1 aliphatic rings. The van der Waals surface area contributed by atoms with Crippen molar-refractivity contribution < 1.29 is 9.53 Å². The summed E-state index contributed by atoms with van der Waals surface area (Å²) in [7, 11) is 0. The van der Waals surface area contributed by atoms with Crippen LogP contribution in [-0.2, 0) is 9.53 Å². The summed E-state index contributed by atoms with van der Waals surface area (Å²) in [6.07, 6.45) is -0.109. The molecule has 0 radical (unpaired) electrons. The van der Waals surface area contributed by atoms with Crippen molar-refractivity contribution in [3.63, 3.8) is 0 Å². The molecule has 0 aliphatic carbocycles. The minimum atomic E-state index is -0.299. The lowest BCUT2D eigenvalue weighted by molar-refractivity contribution is -0.123. The Bertz CT molecular complexity index is 641. The predicted molar refractivity (Wildman–Crippen MR) is 86.1 cm³/mol. The molecule has 1 aliphatic heterocycles. The Morgan fingerprint density at radius 1 is 1.38 bits per heavy atom. The van der Waals surface area contributed by atoms with Crippen LogP contribution in [0.4, 0.5) is 5.69 Å². The first kappa shape index (κ1) is 15.8. The number of hydrogen-bond acceptors (Lipinski definition) is 3. The van der Waals surface area contributed by atoms with Crippen molar-refractivity contribution in [3.05, 3.63) is 30.0 Å². The van der Waals surface area contributed by atoms with E-state index in [1.165, 1.54) is 0 Å². The molecule has 0 unspecified atom stereocenters. The second-order valence-corrected chi connectivity index (χ2v) is 5.25. The quantitative estimate of drug-likeness (QED) is 0.797. The number of aromatic amines is 1. The van der Waals surface area contributed by atoms with Gasteiger partial charge < -0.3 is 20.4 Å². The van der Waals surface area contributed by atoms with Gasteiger partial charge in [-0.05, 0) is 38.1 Å². The number of carbonyl (C=O) groups excluding carboxylic acids is 1. The zero-order chi connectivity index (χ0) is 14.1. The molecule has 1 aromatic heterocycles. The highest BCUT2D eigenvalue weighted by Gasteiger charge is 2.28. The molecule has 114 valence electrons. The van der Waals surface area contributed by atoms with Crippen molar-refractivity contribution in [2.75, 3.05) is 18.5 Å². The largest absolute Gasteiger partial charge is 0.375 e. The molecule has 5 nitrogen and oxygen atoms in total. The first-order chi connectivity index (χ1) is 9.63. The van der Waals surface area contributed by atoms with Crippen LogP contribution < -0.4 is 10.6 Å². The minimum Gasteiger partial charge on any atom is -0.375 e. The van der Waals surface area contributed by atoms with Crippen LogP contribution in [0.1, 0.15) is 12.6 Å². The Kier molecular flexibility index (Phi) is 4.88. The molecule has 2 heterocycles. The Balaban J connectivity index is 0.00000161. The lowest BCUT2D eigenvalue weighted by Crippen LogP contribution is -2.53. The van der Waals surface area contributed by atoms with Gasteiger partial charge in [0.15, 0.2) is 0 Å². The highest BCUT2D eigenvalue weighted by atomic mass is 35.5. The van der Waals surface area contributed by atoms with E-state index in [9.17, 15) is 4.79 Å². The predicted octanol–water partition coefficient (Wildman–Crippen LogP) is 2.21. The summed E-state index contributed by atoms with van der Waals surface area (Å²) in [6, 6.07) is 7.63. The smallest absolute Gasteiger partial charge is 0.244 e. The van der Waals surface area contributed by atoms with Gasteiger partial charge in [-0.2, -0.15) is 0 Å². The third-order valence-electron chi connectivity index (χ3n) is 3.62. The first-order valence-corrected chi connectivity index (χ1v) is 6.89. The number of benzene rings is 1. The highest BCUT2D eigenvalue weighted by Crippen LogP contribution is 2.20. The zero-order valence-electron chi connectivity index (χ0n) is 12.1. The number of amides is 1. The SMILES string of the molecule is Cc1cc2cc(NC(=O)[C@H]3NCCO[C@@H]3C)ccc2[nH]1.Cl. The van der Waals surface area contributed by atoms with E-state index in [4.69, 9.17) is 4.74 Å². The number of carbonyl (C=O) groups is 1. The molecule has 0 spiro atoms. The molecule has 3 N–H and O–H groups in total. The van der Waals surface area contributed by atoms with Crippen LogP contribution >= 0.6 is 12.4 Å². The van der Waals surface area contributed by atoms with E-state index in [-0.39, 0.29) is 30.5 Å². The molecule has 2 atom stereocenters. The molecule has 0 bridgehead atoms. The van der Waals surface area contributed by atoms with E-state index in [0.717, 1.165) is 22.3 Å². The number of rotatable bonds is 2. The number of aromatic nitrogens is 1. The summed E-state index contributed by atoms with van der Waals surface area (Å²) in [5.74, 6) is -0.0520. The third kappa shape index (κ3) is 3.37. The van der Waals surface area contributed by atoms with Crippen molar-refractivity contribution in [1.29, 1.82) is 0 Å². The number of fused-ring (bicyclic) bond motifs is 1. The molecular formula is C15H20ClN3O2. The number of nitrogens with one attached hydrogen (secondary N) is 3. The summed E-state index contributed by atoms with van der Waals surface area (Å²) < 4.78 is 5.49. The molecule has 0 saturated carbocycles. The fraction of sp³-hybridized carbons (Fsp3) is 0.400. The van der Waals surface area contributed by atoms with Gasteiger partial charge in [0.25, 0.3) is 0 Å².